The highest BCUT2D eigenvalue weighted by atomic mass is 16.1. The molecule has 0 bridgehead atoms. The second kappa shape index (κ2) is 6.23. The lowest BCUT2D eigenvalue weighted by Gasteiger charge is -2.24. The largest absolute Gasteiger partial charge is 0.344 e. The molecule has 3 heteroatoms. The van der Waals surface area contributed by atoms with E-state index in [0.717, 1.165) is 19.3 Å². The highest BCUT2D eigenvalue weighted by Gasteiger charge is 2.22. The molecule has 0 aliphatic carbocycles. The summed E-state index contributed by atoms with van der Waals surface area (Å²) in [5.41, 5.74) is 1.02. The highest BCUT2D eigenvalue weighted by molar-refractivity contribution is 5.59. The molecule has 1 saturated heterocycles. The molecule has 1 atom stereocenters. The number of piperidine rings is 1. The molecular formula is C12H17NO2. The molecule has 1 fully saturated rings. The first-order valence-electron chi connectivity index (χ1n) is 5.57. The van der Waals surface area contributed by atoms with Gasteiger partial charge >= 0.3 is 0 Å². The zero-order valence-corrected chi connectivity index (χ0v) is 9.14. The minimum absolute atomic E-state index is 0.256. The lowest BCUT2D eigenvalue weighted by molar-refractivity contribution is 0.433. The Labute approximate surface area is 90.2 Å². The predicted octanol–water partition coefficient (Wildman–Crippen LogP) is 2.00. The summed E-state index contributed by atoms with van der Waals surface area (Å²) in [5, 5.41) is 2.82. The molecule has 1 aliphatic heterocycles. The van der Waals surface area contributed by atoms with Gasteiger partial charge in [0.2, 0.25) is 0 Å². The van der Waals surface area contributed by atoms with Crippen molar-refractivity contribution in [3.8, 4) is 0 Å². The fourth-order valence-corrected chi connectivity index (χ4v) is 1.90. The van der Waals surface area contributed by atoms with Crippen molar-refractivity contribution in [2.45, 2.75) is 45.4 Å². The van der Waals surface area contributed by atoms with E-state index in [2.05, 4.69) is 12.2 Å². The van der Waals surface area contributed by atoms with Crippen LogP contribution in [0.3, 0.4) is 0 Å². The SMILES string of the molecule is CCCCCC1CCC(=C=O)NC1=C=O. The maximum atomic E-state index is 10.7. The summed E-state index contributed by atoms with van der Waals surface area (Å²) >= 11 is 0. The molecule has 0 saturated carbocycles. The van der Waals surface area contributed by atoms with Crippen molar-refractivity contribution < 1.29 is 9.59 Å². The van der Waals surface area contributed by atoms with Gasteiger partial charge in [-0.25, -0.2) is 9.59 Å². The summed E-state index contributed by atoms with van der Waals surface area (Å²) in [6.45, 7) is 2.16. The van der Waals surface area contributed by atoms with Crippen LogP contribution in [0.4, 0.5) is 0 Å². The van der Waals surface area contributed by atoms with E-state index in [0.29, 0.717) is 17.8 Å². The smallest absolute Gasteiger partial charge is 0.146 e. The molecule has 0 spiro atoms. The Bertz CT molecular complexity index is 310. The lowest BCUT2D eigenvalue weighted by Crippen LogP contribution is -2.27. The lowest BCUT2D eigenvalue weighted by atomic mass is 9.90. The molecule has 0 aromatic heterocycles. The predicted molar refractivity (Wildman–Crippen MR) is 58.4 cm³/mol. The van der Waals surface area contributed by atoms with Gasteiger partial charge < -0.3 is 5.32 Å². The molecule has 3 nitrogen and oxygen atoms in total. The van der Waals surface area contributed by atoms with Crippen molar-refractivity contribution in [1.29, 1.82) is 0 Å². The Morgan fingerprint density at radius 3 is 2.73 bits per heavy atom. The minimum Gasteiger partial charge on any atom is -0.344 e. The fraction of sp³-hybridized carbons (Fsp3) is 0.667. The van der Waals surface area contributed by atoms with Gasteiger partial charge in [-0.05, 0) is 19.3 Å². The number of unbranched alkanes of at least 4 members (excludes halogenated alkanes) is 2. The Balaban J connectivity index is 2.52. The first kappa shape index (κ1) is 11.8. The van der Waals surface area contributed by atoms with Crippen LogP contribution in [0.25, 0.3) is 0 Å². The number of rotatable bonds is 4. The molecular weight excluding hydrogens is 190 g/mol. The molecule has 1 heterocycles. The van der Waals surface area contributed by atoms with E-state index < -0.39 is 0 Å². The molecule has 0 radical (unpaired) electrons. The van der Waals surface area contributed by atoms with Crippen LogP contribution in [-0.2, 0) is 9.59 Å². The second-order valence-corrected chi connectivity index (χ2v) is 3.95. The third kappa shape index (κ3) is 3.39. The summed E-state index contributed by atoms with van der Waals surface area (Å²) in [4.78, 5) is 21.1. The molecule has 0 aromatic rings. The Kier molecular flexibility index (Phi) is 4.89. The van der Waals surface area contributed by atoms with E-state index in [-0.39, 0.29) is 5.92 Å². The van der Waals surface area contributed by atoms with E-state index in [1.54, 1.807) is 0 Å². The van der Waals surface area contributed by atoms with Crippen molar-refractivity contribution in [2.75, 3.05) is 0 Å². The average molecular weight is 207 g/mol. The van der Waals surface area contributed by atoms with Gasteiger partial charge in [-0.15, -0.1) is 0 Å². The summed E-state index contributed by atoms with van der Waals surface area (Å²) in [5.74, 6) is 3.97. The van der Waals surface area contributed by atoms with Gasteiger partial charge in [0.05, 0.1) is 0 Å². The van der Waals surface area contributed by atoms with Crippen molar-refractivity contribution in [1.82, 2.24) is 5.32 Å². The summed E-state index contributed by atoms with van der Waals surface area (Å²) < 4.78 is 0. The Morgan fingerprint density at radius 1 is 1.33 bits per heavy atom. The number of nitrogens with one attached hydrogen (secondary N) is 1. The van der Waals surface area contributed by atoms with Crippen LogP contribution in [0.5, 0.6) is 0 Å². The Morgan fingerprint density at radius 2 is 2.13 bits per heavy atom. The van der Waals surface area contributed by atoms with Crippen LogP contribution in [0, 0.1) is 5.92 Å². The number of hydrogen-bond acceptors (Lipinski definition) is 3. The fourth-order valence-electron chi connectivity index (χ4n) is 1.90. The molecule has 0 aromatic carbocycles. The monoisotopic (exact) mass is 207 g/mol. The first-order valence-corrected chi connectivity index (χ1v) is 5.57. The minimum atomic E-state index is 0.256. The first-order chi connectivity index (χ1) is 7.31. The van der Waals surface area contributed by atoms with Gasteiger partial charge in [0.1, 0.15) is 23.3 Å². The maximum absolute atomic E-state index is 10.7. The number of hydrogen-bond donors (Lipinski definition) is 1. The van der Waals surface area contributed by atoms with E-state index in [9.17, 15) is 9.59 Å². The summed E-state index contributed by atoms with van der Waals surface area (Å²) in [7, 11) is 0. The molecule has 82 valence electrons. The highest BCUT2D eigenvalue weighted by Crippen LogP contribution is 2.26. The van der Waals surface area contributed by atoms with Crippen LogP contribution >= 0.6 is 0 Å². The van der Waals surface area contributed by atoms with Gasteiger partial charge in [0, 0.05) is 5.92 Å². The van der Waals surface area contributed by atoms with E-state index in [1.807, 2.05) is 11.9 Å². The van der Waals surface area contributed by atoms with Crippen molar-refractivity contribution in [3.63, 3.8) is 0 Å². The third-order valence-corrected chi connectivity index (χ3v) is 2.83. The molecule has 0 amide bonds. The van der Waals surface area contributed by atoms with Crippen molar-refractivity contribution in [3.05, 3.63) is 11.4 Å². The summed E-state index contributed by atoms with van der Waals surface area (Å²) in [6.07, 6.45) is 6.09. The number of carbonyl (C=O) groups excluding carboxylic acids is 2. The Hall–Kier alpha value is -1.30. The van der Waals surface area contributed by atoms with E-state index in [1.165, 1.54) is 12.8 Å². The van der Waals surface area contributed by atoms with Crippen molar-refractivity contribution in [2.24, 2.45) is 5.92 Å². The average Bonchev–Trinajstić information content (AvgIpc) is 2.29. The van der Waals surface area contributed by atoms with Crippen molar-refractivity contribution >= 4 is 11.9 Å². The van der Waals surface area contributed by atoms with E-state index >= 15 is 0 Å². The van der Waals surface area contributed by atoms with Crippen LogP contribution in [0.1, 0.15) is 45.4 Å². The van der Waals surface area contributed by atoms with Crippen LogP contribution in [0.2, 0.25) is 0 Å². The van der Waals surface area contributed by atoms with Gasteiger partial charge in [-0.1, -0.05) is 26.2 Å². The zero-order chi connectivity index (χ0) is 11.1. The van der Waals surface area contributed by atoms with Gasteiger partial charge in [-0.3, -0.25) is 0 Å². The normalized spacial score (nSPS) is 20.5. The van der Waals surface area contributed by atoms with Gasteiger partial charge in [0.15, 0.2) is 0 Å². The maximum Gasteiger partial charge on any atom is 0.146 e. The number of allylic oxidation sites excluding steroid dienone is 2. The molecule has 1 aliphatic rings. The van der Waals surface area contributed by atoms with E-state index in [4.69, 9.17) is 0 Å². The van der Waals surface area contributed by atoms with Gasteiger partial charge in [-0.2, -0.15) is 0 Å². The zero-order valence-electron chi connectivity index (χ0n) is 9.14. The third-order valence-electron chi connectivity index (χ3n) is 2.83. The molecule has 1 unspecified atom stereocenters. The van der Waals surface area contributed by atoms with Crippen LogP contribution < -0.4 is 5.32 Å². The second-order valence-electron chi connectivity index (χ2n) is 3.95. The topological polar surface area (TPSA) is 46.2 Å². The van der Waals surface area contributed by atoms with Crippen LogP contribution in [0.15, 0.2) is 11.4 Å². The quantitative estimate of drug-likeness (QED) is 0.566. The summed E-state index contributed by atoms with van der Waals surface area (Å²) in [6, 6.07) is 0. The molecule has 1 rings (SSSR count). The molecule has 1 N–H and O–H groups in total. The molecule has 15 heavy (non-hydrogen) atoms. The van der Waals surface area contributed by atoms with Gasteiger partial charge in [0.25, 0.3) is 0 Å². The van der Waals surface area contributed by atoms with Crippen LogP contribution in [-0.4, -0.2) is 11.9 Å². The standard InChI is InChI=1S/C12H17NO2/c1-2-3-4-5-10-6-7-11(8-14)13-12(10)9-15/h10,13H,2-7H2,1H3.